The molecule has 1 aliphatic carbocycles. The second-order valence-corrected chi connectivity index (χ2v) is 6.55. The van der Waals surface area contributed by atoms with Crippen molar-refractivity contribution in [3.05, 3.63) is 6.04 Å². The van der Waals surface area contributed by atoms with Gasteiger partial charge in [-0.2, -0.15) is 0 Å². The van der Waals surface area contributed by atoms with Crippen LogP contribution in [0.15, 0.2) is 0 Å². The zero-order valence-electron chi connectivity index (χ0n) is 13.1. The highest BCUT2D eigenvalue weighted by molar-refractivity contribution is 5.49. The van der Waals surface area contributed by atoms with Crippen molar-refractivity contribution in [2.75, 3.05) is 39.3 Å². The molecule has 1 amide bonds. The summed E-state index contributed by atoms with van der Waals surface area (Å²) in [6.07, 6.45) is 9.61. The Hall–Kier alpha value is -0.650. The van der Waals surface area contributed by atoms with Crippen molar-refractivity contribution in [3.63, 3.8) is 0 Å². The number of hydrogen-bond acceptors (Lipinski definition) is 4. The highest BCUT2D eigenvalue weighted by atomic mass is 16.1. The number of nitrogens with one attached hydrogen (secondary N) is 1. The lowest BCUT2D eigenvalue weighted by Gasteiger charge is -2.45. The lowest BCUT2D eigenvalue weighted by atomic mass is 9.95. The van der Waals surface area contributed by atoms with Crippen LogP contribution < -0.4 is 5.32 Å². The van der Waals surface area contributed by atoms with Crippen LogP contribution in [-0.4, -0.2) is 66.6 Å². The fourth-order valence-corrected chi connectivity index (χ4v) is 3.99. The number of carbonyl (C=O) groups excluding carboxylic acids is 1. The average molecular weight is 293 g/mol. The van der Waals surface area contributed by atoms with Crippen LogP contribution in [-0.2, 0) is 4.79 Å². The van der Waals surface area contributed by atoms with E-state index in [1.807, 2.05) is 5.01 Å². The highest BCUT2D eigenvalue weighted by Crippen LogP contribution is 2.29. The van der Waals surface area contributed by atoms with Crippen LogP contribution in [0, 0.1) is 6.04 Å². The van der Waals surface area contributed by atoms with Crippen LogP contribution in [0.5, 0.6) is 0 Å². The number of rotatable bonds is 4. The number of piperidine rings is 1. The fraction of sp³-hybridized carbons (Fsp3) is 0.875. The van der Waals surface area contributed by atoms with Crippen LogP contribution >= 0.6 is 0 Å². The summed E-state index contributed by atoms with van der Waals surface area (Å²) in [6, 6.07) is 2.09. The molecule has 0 unspecified atom stereocenters. The smallest absolute Gasteiger partial charge is 0.224 e. The Morgan fingerprint density at radius 3 is 2.29 bits per heavy atom. The molecule has 5 nitrogen and oxygen atoms in total. The molecule has 1 saturated carbocycles. The minimum Gasteiger partial charge on any atom is -0.317 e. The van der Waals surface area contributed by atoms with E-state index in [1.54, 1.807) is 0 Å². The van der Waals surface area contributed by atoms with Gasteiger partial charge >= 0.3 is 0 Å². The van der Waals surface area contributed by atoms with Crippen molar-refractivity contribution in [1.82, 2.24) is 20.2 Å². The first-order valence-corrected chi connectivity index (χ1v) is 8.67. The van der Waals surface area contributed by atoms with Crippen LogP contribution in [0.25, 0.3) is 0 Å². The van der Waals surface area contributed by atoms with Gasteiger partial charge < -0.3 is 5.32 Å². The summed E-state index contributed by atoms with van der Waals surface area (Å²) >= 11 is 0. The molecule has 2 aliphatic heterocycles. The molecular formula is C16H29N4O. The van der Waals surface area contributed by atoms with Gasteiger partial charge in [-0.25, -0.2) is 5.01 Å². The predicted octanol–water partition coefficient (Wildman–Crippen LogP) is 1.23. The quantitative estimate of drug-likeness (QED) is 0.791. The van der Waals surface area contributed by atoms with Crippen molar-refractivity contribution in [2.45, 2.75) is 51.0 Å². The molecule has 0 aromatic heterocycles. The SMILES string of the molecule is O=CN([C]1CCCCC1)N1CCN(C2CCNCC2)CC1. The van der Waals surface area contributed by atoms with Gasteiger partial charge in [0.15, 0.2) is 0 Å². The maximum atomic E-state index is 11.5. The average Bonchev–Trinajstić information content (AvgIpc) is 2.58. The normalized spacial score (nSPS) is 27.6. The van der Waals surface area contributed by atoms with Gasteiger partial charge in [0.25, 0.3) is 0 Å². The Bertz CT molecular complexity index is 318. The van der Waals surface area contributed by atoms with Gasteiger partial charge in [-0.15, -0.1) is 0 Å². The van der Waals surface area contributed by atoms with Gasteiger partial charge in [-0.3, -0.25) is 14.7 Å². The molecule has 3 aliphatic rings. The maximum absolute atomic E-state index is 11.5. The molecule has 119 valence electrons. The molecule has 0 bridgehead atoms. The molecule has 1 N–H and O–H groups in total. The van der Waals surface area contributed by atoms with Gasteiger partial charge in [0.05, 0.1) is 6.04 Å². The minimum absolute atomic E-state index is 0.750. The summed E-state index contributed by atoms with van der Waals surface area (Å²) in [7, 11) is 0. The first-order valence-electron chi connectivity index (χ1n) is 8.67. The largest absolute Gasteiger partial charge is 0.317 e. The van der Waals surface area contributed by atoms with Crippen LogP contribution in [0.3, 0.4) is 0 Å². The van der Waals surface area contributed by atoms with Crippen molar-refractivity contribution in [1.29, 1.82) is 0 Å². The van der Waals surface area contributed by atoms with Crippen molar-refractivity contribution in [2.24, 2.45) is 0 Å². The Balaban J connectivity index is 1.50. The number of nitrogens with zero attached hydrogens (tertiary/aromatic N) is 3. The number of carbonyl (C=O) groups is 1. The Labute approximate surface area is 128 Å². The third kappa shape index (κ3) is 3.76. The molecule has 0 spiro atoms. The van der Waals surface area contributed by atoms with E-state index in [0.29, 0.717) is 0 Å². The summed E-state index contributed by atoms with van der Waals surface area (Å²) < 4.78 is 0. The molecule has 2 saturated heterocycles. The van der Waals surface area contributed by atoms with E-state index in [2.05, 4.69) is 15.2 Å². The van der Waals surface area contributed by atoms with Crippen molar-refractivity contribution < 1.29 is 4.79 Å². The first-order chi connectivity index (χ1) is 10.4. The van der Waals surface area contributed by atoms with Gasteiger partial charge in [-0.05, 0) is 38.8 Å². The first kappa shape index (κ1) is 15.3. The number of piperazine rings is 1. The topological polar surface area (TPSA) is 38.8 Å². The summed E-state index contributed by atoms with van der Waals surface area (Å²) in [4.78, 5) is 14.2. The van der Waals surface area contributed by atoms with Crippen LogP contribution in [0.2, 0.25) is 0 Å². The minimum atomic E-state index is 0.750. The van der Waals surface area contributed by atoms with Crippen molar-refractivity contribution >= 4 is 6.41 Å². The molecular weight excluding hydrogens is 264 g/mol. The molecule has 2 heterocycles. The second-order valence-electron chi connectivity index (χ2n) is 6.55. The molecule has 1 radical (unpaired) electrons. The number of hydrogen-bond donors (Lipinski definition) is 1. The van der Waals surface area contributed by atoms with Gasteiger partial charge in [0.1, 0.15) is 0 Å². The molecule has 21 heavy (non-hydrogen) atoms. The van der Waals surface area contributed by atoms with Gasteiger partial charge in [0, 0.05) is 32.2 Å². The Kier molecular flexibility index (Phi) is 5.49. The molecule has 0 aromatic carbocycles. The van der Waals surface area contributed by atoms with Crippen LogP contribution in [0.4, 0.5) is 0 Å². The van der Waals surface area contributed by atoms with Crippen LogP contribution in [0.1, 0.15) is 44.9 Å². The second kappa shape index (κ2) is 7.56. The summed E-state index contributed by atoms with van der Waals surface area (Å²) in [6.45, 7) is 6.50. The van der Waals surface area contributed by atoms with Gasteiger partial charge in [-0.1, -0.05) is 19.3 Å². The van der Waals surface area contributed by atoms with E-state index in [4.69, 9.17) is 0 Å². The summed E-state index contributed by atoms with van der Waals surface area (Å²) in [5.41, 5.74) is 0. The van der Waals surface area contributed by atoms with Crippen molar-refractivity contribution in [3.8, 4) is 0 Å². The lowest BCUT2D eigenvalue weighted by Crippen LogP contribution is -2.57. The molecule has 3 rings (SSSR count). The van der Waals surface area contributed by atoms with E-state index < -0.39 is 0 Å². The third-order valence-corrected chi connectivity index (χ3v) is 5.28. The fourth-order valence-electron chi connectivity index (χ4n) is 3.99. The van der Waals surface area contributed by atoms with E-state index in [9.17, 15) is 4.79 Å². The zero-order valence-corrected chi connectivity index (χ0v) is 13.1. The van der Waals surface area contributed by atoms with E-state index >= 15 is 0 Å². The summed E-state index contributed by atoms with van der Waals surface area (Å²) in [5, 5.41) is 7.65. The Morgan fingerprint density at radius 2 is 1.67 bits per heavy atom. The number of amides is 1. The lowest BCUT2D eigenvalue weighted by molar-refractivity contribution is -0.139. The zero-order chi connectivity index (χ0) is 14.5. The summed E-state index contributed by atoms with van der Waals surface area (Å²) in [5.74, 6) is 0. The molecule has 5 heteroatoms. The standard InChI is InChI=1S/C16H29N4O/c21-14-20(16-4-2-1-3-5-16)19-12-10-18(11-13-19)15-6-8-17-9-7-15/h14-15,17H,1-13H2. The predicted molar refractivity (Wildman–Crippen MR) is 83.3 cm³/mol. The monoisotopic (exact) mass is 293 g/mol. The maximum Gasteiger partial charge on any atom is 0.224 e. The van der Waals surface area contributed by atoms with E-state index in [0.717, 1.165) is 64.6 Å². The molecule has 0 atom stereocenters. The number of hydrazine groups is 1. The molecule has 3 fully saturated rings. The third-order valence-electron chi connectivity index (χ3n) is 5.28. The highest BCUT2D eigenvalue weighted by Gasteiger charge is 2.30. The molecule has 0 aromatic rings. The van der Waals surface area contributed by atoms with E-state index in [1.165, 1.54) is 38.1 Å². The Morgan fingerprint density at radius 1 is 1.00 bits per heavy atom. The van der Waals surface area contributed by atoms with Gasteiger partial charge in [0.2, 0.25) is 6.41 Å². The van der Waals surface area contributed by atoms with E-state index in [-0.39, 0.29) is 0 Å².